The van der Waals surface area contributed by atoms with Gasteiger partial charge in [-0.2, -0.15) is 0 Å². The summed E-state index contributed by atoms with van der Waals surface area (Å²) in [7, 11) is 0. The van der Waals surface area contributed by atoms with Crippen molar-refractivity contribution < 1.29 is 4.74 Å². The molecular weight excluding hydrogens is 270 g/mol. The minimum Gasteiger partial charge on any atom is -0.494 e. The third-order valence-corrected chi connectivity index (χ3v) is 3.32. The van der Waals surface area contributed by atoms with E-state index in [1.807, 2.05) is 30.3 Å². The molecule has 1 N–H and O–H groups in total. The monoisotopic (exact) mass is 289 g/mol. The highest BCUT2D eigenvalue weighted by Gasteiger charge is 1.99. The second kappa shape index (κ2) is 7.20. The molecule has 0 saturated carbocycles. The van der Waals surface area contributed by atoms with Crippen molar-refractivity contribution in [2.45, 2.75) is 20.3 Å². The van der Waals surface area contributed by atoms with Crippen LogP contribution in [0, 0.1) is 13.8 Å². The molecule has 0 saturated heterocycles. The van der Waals surface area contributed by atoms with Crippen molar-refractivity contribution >= 4 is 17.3 Å². The molecule has 2 nitrogen and oxygen atoms in total. The summed E-state index contributed by atoms with van der Waals surface area (Å²) in [4.78, 5) is 0. The van der Waals surface area contributed by atoms with E-state index in [-0.39, 0.29) is 0 Å². The van der Waals surface area contributed by atoms with Gasteiger partial charge in [-0.1, -0.05) is 23.7 Å². The van der Waals surface area contributed by atoms with Gasteiger partial charge in [0, 0.05) is 17.3 Å². The molecule has 2 aromatic carbocycles. The number of benzene rings is 2. The van der Waals surface area contributed by atoms with Crippen LogP contribution in [0.15, 0.2) is 42.5 Å². The first-order chi connectivity index (χ1) is 9.65. The Morgan fingerprint density at radius 3 is 2.70 bits per heavy atom. The van der Waals surface area contributed by atoms with E-state index in [4.69, 9.17) is 16.3 Å². The van der Waals surface area contributed by atoms with Gasteiger partial charge < -0.3 is 10.1 Å². The molecule has 0 unspecified atom stereocenters. The van der Waals surface area contributed by atoms with Gasteiger partial charge in [0.25, 0.3) is 0 Å². The molecule has 2 rings (SSSR count). The zero-order valence-corrected chi connectivity index (χ0v) is 12.7. The van der Waals surface area contributed by atoms with Crippen LogP contribution >= 0.6 is 11.6 Å². The molecule has 0 fully saturated rings. The number of halogens is 1. The van der Waals surface area contributed by atoms with Gasteiger partial charge in [0.1, 0.15) is 5.75 Å². The highest BCUT2D eigenvalue weighted by molar-refractivity contribution is 6.30. The number of anilines is 1. The average Bonchev–Trinajstić information content (AvgIpc) is 2.41. The molecule has 0 bridgehead atoms. The van der Waals surface area contributed by atoms with Gasteiger partial charge in [0.2, 0.25) is 0 Å². The fourth-order valence-electron chi connectivity index (χ4n) is 2.02. The molecule has 0 spiro atoms. The van der Waals surface area contributed by atoms with E-state index in [2.05, 4.69) is 31.3 Å². The van der Waals surface area contributed by atoms with Crippen LogP contribution in [0.3, 0.4) is 0 Å². The molecular formula is C17H20ClNO. The van der Waals surface area contributed by atoms with E-state index >= 15 is 0 Å². The molecule has 2 aromatic rings. The largest absolute Gasteiger partial charge is 0.494 e. The molecule has 0 aliphatic rings. The van der Waals surface area contributed by atoms with Gasteiger partial charge >= 0.3 is 0 Å². The topological polar surface area (TPSA) is 21.3 Å². The summed E-state index contributed by atoms with van der Waals surface area (Å²) in [6.45, 7) is 5.71. The van der Waals surface area contributed by atoms with Gasteiger partial charge in [-0.3, -0.25) is 0 Å². The Labute approximate surface area is 125 Å². The van der Waals surface area contributed by atoms with Crippen molar-refractivity contribution in [3.63, 3.8) is 0 Å². The lowest BCUT2D eigenvalue weighted by Gasteiger charge is -2.10. The number of rotatable bonds is 6. The standard InChI is InChI=1S/C17H20ClNO/c1-13-5-3-6-16(11-13)20-10-4-9-19-17-8-7-15(18)12-14(17)2/h3,5-8,11-12,19H,4,9-10H2,1-2H3. The predicted octanol–water partition coefficient (Wildman–Crippen LogP) is 4.84. The maximum Gasteiger partial charge on any atom is 0.119 e. The molecule has 0 amide bonds. The highest BCUT2D eigenvalue weighted by Crippen LogP contribution is 2.19. The zero-order chi connectivity index (χ0) is 14.4. The Balaban J connectivity index is 1.71. The SMILES string of the molecule is Cc1cccc(OCCCNc2ccc(Cl)cc2C)c1. The van der Waals surface area contributed by atoms with Crippen LogP contribution in [0.2, 0.25) is 5.02 Å². The summed E-state index contributed by atoms with van der Waals surface area (Å²) in [5.74, 6) is 0.938. The fraction of sp³-hybridized carbons (Fsp3) is 0.294. The minimum absolute atomic E-state index is 0.711. The van der Waals surface area contributed by atoms with E-state index in [9.17, 15) is 0 Å². The lowest BCUT2D eigenvalue weighted by Crippen LogP contribution is -2.08. The van der Waals surface area contributed by atoms with Crippen LogP contribution in [0.5, 0.6) is 5.75 Å². The van der Waals surface area contributed by atoms with Gasteiger partial charge in [-0.25, -0.2) is 0 Å². The Bertz CT molecular complexity index is 569. The molecule has 0 heterocycles. The van der Waals surface area contributed by atoms with Crippen LogP contribution in [0.25, 0.3) is 0 Å². The number of ether oxygens (including phenoxy) is 1. The molecule has 0 radical (unpaired) electrons. The Kier molecular flexibility index (Phi) is 5.31. The lowest BCUT2D eigenvalue weighted by atomic mass is 10.2. The van der Waals surface area contributed by atoms with Crippen molar-refractivity contribution in [3.05, 3.63) is 58.6 Å². The fourth-order valence-corrected chi connectivity index (χ4v) is 2.24. The van der Waals surface area contributed by atoms with Crippen molar-refractivity contribution in [1.29, 1.82) is 0 Å². The first-order valence-electron chi connectivity index (χ1n) is 6.84. The van der Waals surface area contributed by atoms with Gasteiger partial charge in [-0.15, -0.1) is 0 Å². The number of hydrogen-bond acceptors (Lipinski definition) is 2. The average molecular weight is 290 g/mol. The molecule has 0 aliphatic carbocycles. The van der Waals surface area contributed by atoms with Gasteiger partial charge in [-0.05, 0) is 61.7 Å². The number of nitrogens with one attached hydrogen (secondary N) is 1. The van der Waals surface area contributed by atoms with E-state index in [1.165, 1.54) is 5.56 Å². The molecule has 20 heavy (non-hydrogen) atoms. The third-order valence-electron chi connectivity index (χ3n) is 3.08. The smallest absolute Gasteiger partial charge is 0.119 e. The van der Waals surface area contributed by atoms with Crippen molar-refractivity contribution in [3.8, 4) is 5.75 Å². The minimum atomic E-state index is 0.711. The Morgan fingerprint density at radius 1 is 1.10 bits per heavy atom. The van der Waals surface area contributed by atoms with Crippen molar-refractivity contribution in [2.24, 2.45) is 0 Å². The van der Waals surface area contributed by atoms with Crippen LogP contribution in [0.4, 0.5) is 5.69 Å². The summed E-state index contributed by atoms with van der Waals surface area (Å²) in [5.41, 5.74) is 3.51. The predicted molar refractivity (Wildman–Crippen MR) is 86.0 cm³/mol. The first kappa shape index (κ1) is 14.7. The molecule has 0 aromatic heterocycles. The van der Waals surface area contributed by atoms with E-state index in [0.717, 1.165) is 35.0 Å². The Morgan fingerprint density at radius 2 is 1.95 bits per heavy atom. The summed E-state index contributed by atoms with van der Waals surface area (Å²) in [6, 6.07) is 14.0. The van der Waals surface area contributed by atoms with Crippen molar-refractivity contribution in [2.75, 3.05) is 18.5 Å². The quantitative estimate of drug-likeness (QED) is 0.769. The molecule has 0 atom stereocenters. The van der Waals surface area contributed by atoms with Gasteiger partial charge in [0.15, 0.2) is 0 Å². The normalized spacial score (nSPS) is 10.3. The van der Waals surface area contributed by atoms with Crippen molar-refractivity contribution in [1.82, 2.24) is 0 Å². The van der Waals surface area contributed by atoms with E-state index in [1.54, 1.807) is 0 Å². The van der Waals surface area contributed by atoms with Crippen LogP contribution in [-0.4, -0.2) is 13.2 Å². The summed E-state index contributed by atoms with van der Waals surface area (Å²) < 4.78 is 5.71. The van der Waals surface area contributed by atoms with E-state index in [0.29, 0.717) is 6.61 Å². The summed E-state index contributed by atoms with van der Waals surface area (Å²) in [5, 5.41) is 4.17. The second-order valence-electron chi connectivity index (χ2n) is 4.90. The number of aryl methyl sites for hydroxylation is 2. The second-order valence-corrected chi connectivity index (χ2v) is 5.34. The van der Waals surface area contributed by atoms with Gasteiger partial charge in [0.05, 0.1) is 6.61 Å². The van der Waals surface area contributed by atoms with Crippen LogP contribution in [0.1, 0.15) is 17.5 Å². The first-order valence-corrected chi connectivity index (χ1v) is 7.22. The Hall–Kier alpha value is -1.67. The molecule has 106 valence electrons. The van der Waals surface area contributed by atoms with E-state index < -0.39 is 0 Å². The summed E-state index contributed by atoms with van der Waals surface area (Å²) >= 11 is 5.93. The zero-order valence-electron chi connectivity index (χ0n) is 11.9. The maximum atomic E-state index is 5.93. The van der Waals surface area contributed by atoms with Crippen LogP contribution in [-0.2, 0) is 0 Å². The molecule has 3 heteroatoms. The summed E-state index contributed by atoms with van der Waals surface area (Å²) in [6.07, 6.45) is 0.954. The van der Waals surface area contributed by atoms with Crippen LogP contribution < -0.4 is 10.1 Å². The lowest BCUT2D eigenvalue weighted by molar-refractivity contribution is 0.315. The highest BCUT2D eigenvalue weighted by atomic mass is 35.5. The third kappa shape index (κ3) is 4.46. The molecule has 0 aliphatic heterocycles. The number of hydrogen-bond donors (Lipinski definition) is 1. The maximum absolute atomic E-state index is 5.93.